The summed E-state index contributed by atoms with van der Waals surface area (Å²) in [4.78, 5) is 24.5. The molecule has 0 bridgehead atoms. The Kier molecular flexibility index (Phi) is 8.15. The van der Waals surface area contributed by atoms with Crippen LogP contribution in [0.15, 0.2) is 52.9 Å². The highest BCUT2D eigenvalue weighted by Crippen LogP contribution is 2.31. The first-order valence-corrected chi connectivity index (χ1v) is 13.7. The molecule has 0 aliphatic carbocycles. The van der Waals surface area contributed by atoms with Crippen LogP contribution in [0.3, 0.4) is 0 Å². The summed E-state index contributed by atoms with van der Waals surface area (Å²) in [5, 5.41) is 20.7. The van der Waals surface area contributed by atoms with Crippen molar-refractivity contribution in [2.75, 3.05) is 17.1 Å². The summed E-state index contributed by atoms with van der Waals surface area (Å²) in [5.41, 5.74) is -0.852. The van der Waals surface area contributed by atoms with Crippen molar-refractivity contribution in [3.63, 3.8) is 0 Å². The van der Waals surface area contributed by atoms with Gasteiger partial charge >= 0.3 is 12.1 Å². The van der Waals surface area contributed by atoms with Gasteiger partial charge in [0.15, 0.2) is 0 Å². The smallest absolute Gasteiger partial charge is 0.408 e. The third-order valence-electron chi connectivity index (χ3n) is 5.46. The van der Waals surface area contributed by atoms with Crippen LogP contribution in [0.1, 0.15) is 56.4 Å². The van der Waals surface area contributed by atoms with Gasteiger partial charge in [-0.05, 0) is 58.4 Å². The van der Waals surface area contributed by atoms with Crippen LogP contribution in [0.2, 0.25) is 0 Å². The third-order valence-corrected chi connectivity index (χ3v) is 6.73. The normalized spacial score (nSPS) is 13.4. The maximum atomic E-state index is 12.7. The molecule has 3 rings (SSSR count). The number of aromatic nitrogens is 2. The van der Waals surface area contributed by atoms with Crippen molar-refractivity contribution in [3.05, 3.63) is 65.5 Å². The number of alkyl carbamates (subject to hydrolysis) is 1. The number of carboxylic acids is 1. The van der Waals surface area contributed by atoms with Crippen LogP contribution in [-0.2, 0) is 26.7 Å². The van der Waals surface area contributed by atoms with E-state index in [0.29, 0.717) is 0 Å². The van der Waals surface area contributed by atoms with Gasteiger partial charge in [-0.25, -0.2) is 18.0 Å². The Bertz CT molecular complexity index is 1410. The van der Waals surface area contributed by atoms with E-state index in [9.17, 15) is 23.1 Å². The molecule has 0 fully saturated rings. The molecule has 3 aromatic rings. The highest BCUT2D eigenvalue weighted by Gasteiger charge is 2.37. The second-order valence-corrected chi connectivity index (χ2v) is 11.9. The largest absolute Gasteiger partial charge is 0.478 e. The first-order valence-electron chi connectivity index (χ1n) is 11.9. The lowest BCUT2D eigenvalue weighted by atomic mass is 9.92. The molecule has 1 heterocycles. The summed E-state index contributed by atoms with van der Waals surface area (Å²) < 4.78 is 37.0. The average Bonchev–Trinajstić information content (AvgIpc) is 3.29. The van der Waals surface area contributed by atoms with Gasteiger partial charge in [-0.3, -0.25) is 4.31 Å². The molecular formula is C26H32N4O7S. The third kappa shape index (κ3) is 7.09. The average molecular weight is 545 g/mol. The van der Waals surface area contributed by atoms with Crippen molar-refractivity contribution in [2.45, 2.75) is 52.2 Å². The fourth-order valence-corrected chi connectivity index (χ4v) is 4.84. The molecule has 1 amide bonds. The molecule has 2 N–H and O–H groups in total. The number of hydrogen-bond donors (Lipinski definition) is 2. The van der Waals surface area contributed by atoms with E-state index in [0.717, 1.165) is 16.1 Å². The Morgan fingerprint density at radius 2 is 1.74 bits per heavy atom. The van der Waals surface area contributed by atoms with Gasteiger partial charge in [0.1, 0.15) is 11.1 Å². The lowest BCUT2D eigenvalue weighted by Gasteiger charge is -2.29. The second-order valence-electron chi connectivity index (χ2n) is 10.0. The molecule has 0 unspecified atom stereocenters. The molecule has 12 heteroatoms. The molecule has 2 aromatic carbocycles. The van der Waals surface area contributed by atoms with E-state index >= 15 is 0 Å². The quantitative estimate of drug-likeness (QED) is 0.403. The number of amides is 1. The monoisotopic (exact) mass is 544 g/mol. The highest BCUT2D eigenvalue weighted by atomic mass is 32.2. The lowest BCUT2D eigenvalue weighted by molar-refractivity contribution is 0.0443. The Morgan fingerprint density at radius 3 is 2.29 bits per heavy atom. The first kappa shape index (κ1) is 28.6. The molecule has 0 saturated heterocycles. The molecule has 11 nitrogen and oxygen atoms in total. The van der Waals surface area contributed by atoms with Crippen LogP contribution in [-0.4, -0.2) is 54.2 Å². The zero-order chi connectivity index (χ0) is 28.3. The minimum Gasteiger partial charge on any atom is -0.478 e. The number of carbonyl (C=O) groups is 2. The van der Waals surface area contributed by atoms with E-state index in [1.54, 1.807) is 34.6 Å². The molecule has 204 valence electrons. The van der Waals surface area contributed by atoms with Gasteiger partial charge in [0.05, 0.1) is 17.5 Å². The number of nitrogens with one attached hydrogen (secondary N) is 1. The molecule has 1 aromatic heterocycles. The van der Waals surface area contributed by atoms with Crippen LogP contribution >= 0.6 is 0 Å². The number of benzene rings is 2. The Morgan fingerprint density at radius 1 is 1.08 bits per heavy atom. The predicted molar refractivity (Wildman–Crippen MR) is 141 cm³/mol. The number of ether oxygens (including phenoxy) is 1. The van der Waals surface area contributed by atoms with Gasteiger partial charge < -0.3 is 19.6 Å². The molecule has 0 spiro atoms. The van der Waals surface area contributed by atoms with E-state index in [2.05, 4.69) is 15.5 Å². The topological polar surface area (TPSA) is 152 Å². The predicted octanol–water partition coefficient (Wildman–Crippen LogP) is 4.20. The van der Waals surface area contributed by atoms with Gasteiger partial charge in [-0.15, -0.1) is 10.2 Å². The zero-order valence-electron chi connectivity index (χ0n) is 22.2. The minimum absolute atomic E-state index is 0.0424. The van der Waals surface area contributed by atoms with Crippen LogP contribution < -0.4 is 9.62 Å². The Hall–Kier alpha value is -3.93. The number of carbonyl (C=O) groups excluding carboxylic acids is 1. The van der Waals surface area contributed by atoms with Gasteiger partial charge in [0.2, 0.25) is 21.8 Å². The molecule has 1 atom stereocenters. The number of hydrogen-bond acceptors (Lipinski definition) is 8. The second kappa shape index (κ2) is 10.8. The van der Waals surface area contributed by atoms with E-state index < -0.39 is 33.2 Å². The summed E-state index contributed by atoms with van der Waals surface area (Å²) in [7, 11) is -3.68. The van der Waals surface area contributed by atoms with Crippen molar-refractivity contribution in [3.8, 4) is 11.5 Å². The van der Waals surface area contributed by atoms with Gasteiger partial charge in [-0.1, -0.05) is 30.3 Å². The molecule has 0 radical (unpaired) electrons. The van der Waals surface area contributed by atoms with Gasteiger partial charge in [-0.2, -0.15) is 0 Å². The molecule has 38 heavy (non-hydrogen) atoms. The van der Waals surface area contributed by atoms with Crippen LogP contribution in [0.5, 0.6) is 0 Å². The van der Waals surface area contributed by atoms with Gasteiger partial charge in [0.25, 0.3) is 0 Å². The van der Waals surface area contributed by atoms with E-state index in [-0.39, 0.29) is 41.6 Å². The summed E-state index contributed by atoms with van der Waals surface area (Å²) in [6, 6.07) is 13.4. The van der Waals surface area contributed by atoms with E-state index in [1.165, 1.54) is 18.2 Å². The van der Waals surface area contributed by atoms with E-state index in [1.807, 2.05) is 30.3 Å². The number of anilines is 1. The maximum absolute atomic E-state index is 12.7. The number of sulfonamides is 1. The summed E-state index contributed by atoms with van der Waals surface area (Å²) in [6.45, 7) is 8.67. The summed E-state index contributed by atoms with van der Waals surface area (Å²) in [6.07, 6.45) is 0.635. The Labute approximate surface area is 221 Å². The Balaban J connectivity index is 2.08. The summed E-state index contributed by atoms with van der Waals surface area (Å²) >= 11 is 0. The van der Waals surface area contributed by atoms with Crippen molar-refractivity contribution in [1.82, 2.24) is 15.5 Å². The molecule has 0 aliphatic heterocycles. The molecule has 0 aliphatic rings. The standard InChI is InChI=1S/C26H32N4O7S/c1-7-30(38(6,34)35)20-14-18(13-19(15-20)22(31)32)21-28-29-23(36-21)26(5,16-17-11-9-8-10-12-17)27-24(33)37-25(2,3)4/h8-15H,7,16H2,1-6H3,(H,27,33)(H,31,32)/t26-/m1/s1. The number of aromatic carboxylic acids is 1. The van der Waals surface area contributed by atoms with Gasteiger partial charge in [0, 0.05) is 18.5 Å². The maximum Gasteiger partial charge on any atom is 0.408 e. The fourth-order valence-electron chi connectivity index (χ4n) is 3.88. The fraction of sp³-hybridized carbons (Fsp3) is 0.385. The SMILES string of the molecule is CCN(c1cc(C(=O)O)cc(-c2nnc([C@@](C)(Cc3ccccc3)NC(=O)OC(C)(C)C)o2)c1)S(C)(=O)=O. The van der Waals surface area contributed by atoms with Crippen molar-refractivity contribution < 1.29 is 32.3 Å². The first-order chi connectivity index (χ1) is 17.6. The van der Waals surface area contributed by atoms with Crippen molar-refractivity contribution in [1.29, 1.82) is 0 Å². The minimum atomic E-state index is -3.68. The number of rotatable bonds is 9. The number of nitrogens with zero attached hydrogens (tertiary/aromatic N) is 3. The van der Waals surface area contributed by atoms with Crippen LogP contribution in [0, 0.1) is 0 Å². The zero-order valence-corrected chi connectivity index (χ0v) is 23.0. The van der Waals surface area contributed by atoms with Crippen LogP contribution in [0.25, 0.3) is 11.5 Å². The van der Waals surface area contributed by atoms with Crippen molar-refractivity contribution >= 4 is 27.8 Å². The van der Waals surface area contributed by atoms with Crippen LogP contribution in [0.4, 0.5) is 10.5 Å². The van der Waals surface area contributed by atoms with E-state index in [4.69, 9.17) is 9.15 Å². The number of carboxylic acid groups (broad SMARTS) is 1. The lowest BCUT2D eigenvalue weighted by Crippen LogP contribution is -2.47. The highest BCUT2D eigenvalue weighted by molar-refractivity contribution is 7.92. The molecule has 0 saturated carbocycles. The molecular weight excluding hydrogens is 512 g/mol. The summed E-state index contributed by atoms with van der Waals surface area (Å²) in [5.74, 6) is -1.24. The van der Waals surface area contributed by atoms with Crippen molar-refractivity contribution in [2.24, 2.45) is 0 Å².